The highest BCUT2D eigenvalue weighted by molar-refractivity contribution is 9.10. The largest absolute Gasteiger partial charge is 0.508 e. The van der Waals surface area contributed by atoms with Gasteiger partial charge in [0.05, 0.1) is 11.6 Å². The lowest BCUT2D eigenvalue weighted by atomic mass is 9.91. The molecule has 0 radical (unpaired) electrons. The SMILES string of the molecule is Bc1cc(O)c(C2Cc3cc(Br)ccc3N2)c(F)c1. The monoisotopic (exact) mass is 319 g/mol. The molecular weight excluding hydrogens is 308 g/mol. The molecule has 1 atom stereocenters. The lowest BCUT2D eigenvalue weighted by molar-refractivity contribution is 0.454. The van der Waals surface area contributed by atoms with E-state index < -0.39 is 0 Å². The first-order valence-corrected chi connectivity index (χ1v) is 6.88. The fourth-order valence-corrected chi connectivity index (χ4v) is 2.99. The van der Waals surface area contributed by atoms with Gasteiger partial charge in [-0.1, -0.05) is 21.4 Å². The second kappa shape index (κ2) is 4.56. The first kappa shape index (κ1) is 12.5. The molecule has 0 fully saturated rings. The summed E-state index contributed by atoms with van der Waals surface area (Å²) in [6, 6.07) is 8.76. The molecule has 96 valence electrons. The Labute approximate surface area is 120 Å². The lowest BCUT2D eigenvalue weighted by Gasteiger charge is -2.15. The van der Waals surface area contributed by atoms with Crippen molar-refractivity contribution in [3.05, 3.63) is 51.7 Å². The van der Waals surface area contributed by atoms with Gasteiger partial charge in [0.15, 0.2) is 0 Å². The maximum absolute atomic E-state index is 14.1. The summed E-state index contributed by atoms with van der Waals surface area (Å²) in [6.45, 7) is 0. The summed E-state index contributed by atoms with van der Waals surface area (Å²) in [5.41, 5.74) is 3.18. The quantitative estimate of drug-likeness (QED) is 0.790. The van der Waals surface area contributed by atoms with Gasteiger partial charge in [0, 0.05) is 10.2 Å². The number of phenols is 1. The molecule has 1 heterocycles. The van der Waals surface area contributed by atoms with E-state index in [1.165, 1.54) is 6.07 Å². The molecule has 0 aromatic heterocycles. The van der Waals surface area contributed by atoms with Crippen LogP contribution in [0.3, 0.4) is 0 Å². The van der Waals surface area contributed by atoms with Crippen LogP contribution < -0.4 is 10.8 Å². The maximum atomic E-state index is 14.1. The van der Waals surface area contributed by atoms with Crippen LogP contribution in [-0.2, 0) is 6.42 Å². The Morgan fingerprint density at radius 1 is 1.32 bits per heavy atom. The van der Waals surface area contributed by atoms with E-state index in [-0.39, 0.29) is 17.6 Å². The molecule has 2 aromatic rings. The second-order valence-corrected chi connectivity index (χ2v) is 5.80. The number of halogens is 2. The molecule has 0 aliphatic carbocycles. The summed E-state index contributed by atoms with van der Waals surface area (Å²) in [7, 11) is 1.76. The van der Waals surface area contributed by atoms with Gasteiger partial charge < -0.3 is 10.4 Å². The van der Waals surface area contributed by atoms with E-state index in [1.54, 1.807) is 13.9 Å². The van der Waals surface area contributed by atoms with E-state index in [4.69, 9.17) is 0 Å². The molecule has 0 amide bonds. The van der Waals surface area contributed by atoms with Crippen molar-refractivity contribution in [3.63, 3.8) is 0 Å². The minimum absolute atomic E-state index is 0.0156. The zero-order chi connectivity index (χ0) is 13.6. The molecule has 2 N–H and O–H groups in total. The van der Waals surface area contributed by atoms with Crippen molar-refractivity contribution in [1.29, 1.82) is 0 Å². The van der Waals surface area contributed by atoms with Crippen LogP contribution in [-0.4, -0.2) is 13.0 Å². The molecule has 0 spiro atoms. The summed E-state index contributed by atoms with van der Waals surface area (Å²) in [5.74, 6) is -0.344. The highest BCUT2D eigenvalue weighted by Crippen LogP contribution is 2.39. The van der Waals surface area contributed by atoms with Crippen LogP contribution in [0.2, 0.25) is 0 Å². The zero-order valence-corrected chi connectivity index (χ0v) is 12.0. The van der Waals surface area contributed by atoms with Crippen molar-refractivity contribution in [3.8, 4) is 5.75 Å². The third-order valence-electron chi connectivity index (χ3n) is 3.42. The van der Waals surface area contributed by atoms with Crippen molar-refractivity contribution in [2.24, 2.45) is 0 Å². The van der Waals surface area contributed by atoms with E-state index in [1.807, 2.05) is 18.2 Å². The molecule has 1 unspecified atom stereocenters. The molecule has 1 aliphatic heterocycles. The highest BCUT2D eigenvalue weighted by Gasteiger charge is 2.27. The van der Waals surface area contributed by atoms with Gasteiger partial charge in [-0.2, -0.15) is 0 Å². The van der Waals surface area contributed by atoms with Gasteiger partial charge in [0.25, 0.3) is 0 Å². The first-order valence-electron chi connectivity index (χ1n) is 6.08. The molecule has 0 saturated carbocycles. The summed E-state index contributed by atoms with van der Waals surface area (Å²) >= 11 is 3.43. The molecule has 2 aromatic carbocycles. The number of aromatic hydroxyl groups is 1. The van der Waals surface area contributed by atoms with Crippen LogP contribution in [0, 0.1) is 5.82 Å². The average molecular weight is 320 g/mol. The van der Waals surface area contributed by atoms with E-state index >= 15 is 0 Å². The van der Waals surface area contributed by atoms with Crippen LogP contribution in [0.15, 0.2) is 34.8 Å². The number of hydrogen-bond donors (Lipinski definition) is 2. The molecular formula is C14H12BBrFNO. The Balaban J connectivity index is 1.99. The van der Waals surface area contributed by atoms with Gasteiger partial charge in [-0.25, -0.2) is 4.39 Å². The number of anilines is 1. The molecule has 1 aliphatic rings. The van der Waals surface area contributed by atoms with Crippen LogP contribution in [0.5, 0.6) is 5.75 Å². The zero-order valence-electron chi connectivity index (χ0n) is 10.4. The van der Waals surface area contributed by atoms with Crippen LogP contribution >= 0.6 is 15.9 Å². The Morgan fingerprint density at radius 3 is 2.84 bits per heavy atom. The van der Waals surface area contributed by atoms with Crippen molar-refractivity contribution < 1.29 is 9.50 Å². The molecule has 0 bridgehead atoms. The third kappa shape index (κ3) is 2.23. The molecule has 19 heavy (non-hydrogen) atoms. The van der Waals surface area contributed by atoms with Gasteiger partial charge >= 0.3 is 0 Å². The molecule has 3 rings (SSSR count). The van der Waals surface area contributed by atoms with Crippen LogP contribution in [0.4, 0.5) is 10.1 Å². The maximum Gasteiger partial charge on any atom is 0.139 e. The van der Waals surface area contributed by atoms with Crippen molar-refractivity contribution in [2.75, 3.05) is 5.32 Å². The molecule has 2 nitrogen and oxygen atoms in total. The number of phenolic OH excluding ortho intramolecular Hbond substituents is 1. The molecule has 0 saturated heterocycles. The Hall–Kier alpha value is -1.49. The van der Waals surface area contributed by atoms with E-state index in [9.17, 15) is 9.50 Å². The summed E-state index contributed by atoms with van der Waals surface area (Å²) in [5, 5.41) is 13.2. The Bertz CT molecular complexity index is 639. The van der Waals surface area contributed by atoms with E-state index in [0.717, 1.165) is 21.2 Å². The fraction of sp³-hybridized carbons (Fsp3) is 0.143. The number of nitrogens with one attached hydrogen (secondary N) is 1. The van der Waals surface area contributed by atoms with Crippen LogP contribution in [0.1, 0.15) is 17.2 Å². The summed E-state index contributed by atoms with van der Waals surface area (Å²) < 4.78 is 15.1. The number of hydrogen-bond acceptors (Lipinski definition) is 2. The van der Waals surface area contributed by atoms with Gasteiger partial charge in [0.2, 0.25) is 0 Å². The second-order valence-electron chi connectivity index (χ2n) is 4.88. The normalized spacial score (nSPS) is 17.1. The summed E-state index contributed by atoms with van der Waals surface area (Å²) in [6.07, 6.45) is 0.669. The first-order chi connectivity index (χ1) is 9.04. The van der Waals surface area contributed by atoms with Gasteiger partial charge in [-0.15, -0.1) is 0 Å². The van der Waals surface area contributed by atoms with Gasteiger partial charge in [-0.05, 0) is 42.3 Å². The minimum atomic E-state index is -0.359. The standard InChI is InChI=1S/C14H12BBrFNO/c15-8-5-10(17)14(13(19)6-8)12-4-7-3-9(16)1-2-11(7)18-12/h1-3,5-6,12,18-19H,4,15H2. The number of fused-ring (bicyclic) bond motifs is 1. The topological polar surface area (TPSA) is 32.3 Å². The fourth-order valence-electron chi connectivity index (χ4n) is 2.58. The van der Waals surface area contributed by atoms with Crippen molar-refractivity contribution in [1.82, 2.24) is 0 Å². The number of benzene rings is 2. The third-order valence-corrected chi connectivity index (χ3v) is 3.91. The predicted octanol–water partition coefficient (Wildman–Crippen LogP) is 2.26. The Morgan fingerprint density at radius 2 is 2.11 bits per heavy atom. The predicted molar refractivity (Wildman–Crippen MR) is 80.5 cm³/mol. The number of rotatable bonds is 1. The van der Waals surface area contributed by atoms with Crippen LogP contribution in [0.25, 0.3) is 0 Å². The van der Waals surface area contributed by atoms with Crippen molar-refractivity contribution in [2.45, 2.75) is 12.5 Å². The molecule has 5 heteroatoms. The smallest absolute Gasteiger partial charge is 0.139 e. The average Bonchev–Trinajstić information content (AvgIpc) is 2.69. The highest BCUT2D eigenvalue weighted by atomic mass is 79.9. The van der Waals surface area contributed by atoms with E-state index in [0.29, 0.717) is 12.0 Å². The lowest BCUT2D eigenvalue weighted by Crippen LogP contribution is -2.12. The summed E-state index contributed by atoms with van der Waals surface area (Å²) in [4.78, 5) is 0. The van der Waals surface area contributed by atoms with Gasteiger partial charge in [-0.3, -0.25) is 0 Å². The van der Waals surface area contributed by atoms with Gasteiger partial charge in [0.1, 0.15) is 19.4 Å². The minimum Gasteiger partial charge on any atom is -0.508 e. The Kier molecular flexibility index (Phi) is 3.01. The van der Waals surface area contributed by atoms with E-state index in [2.05, 4.69) is 21.2 Å². The van der Waals surface area contributed by atoms with Crippen molar-refractivity contribution >= 4 is 34.9 Å².